The molecule has 0 aliphatic rings. The number of fused-ring (bicyclic) bond motifs is 1. The molecule has 0 saturated heterocycles. The second kappa shape index (κ2) is 4.96. The fourth-order valence-corrected chi connectivity index (χ4v) is 2.01. The van der Waals surface area contributed by atoms with Gasteiger partial charge >= 0.3 is 0 Å². The SMILES string of the molecule is COC(C)Cn1c(C(C)O)nc2cc(N)ccc21. The van der Waals surface area contributed by atoms with Gasteiger partial charge in [-0.2, -0.15) is 0 Å². The van der Waals surface area contributed by atoms with Gasteiger partial charge < -0.3 is 20.1 Å². The van der Waals surface area contributed by atoms with Crippen LogP contribution in [0.1, 0.15) is 25.8 Å². The predicted molar refractivity (Wildman–Crippen MR) is 71.3 cm³/mol. The maximum atomic E-state index is 9.81. The van der Waals surface area contributed by atoms with Gasteiger partial charge in [0.1, 0.15) is 11.9 Å². The quantitative estimate of drug-likeness (QED) is 0.809. The number of nitrogens with two attached hydrogens (primary N) is 1. The molecule has 2 unspecified atom stereocenters. The lowest BCUT2D eigenvalue weighted by molar-refractivity contribution is 0.0996. The lowest BCUT2D eigenvalue weighted by Gasteiger charge is -2.15. The van der Waals surface area contributed by atoms with Crippen molar-refractivity contribution in [1.29, 1.82) is 0 Å². The first-order valence-corrected chi connectivity index (χ1v) is 5.99. The Morgan fingerprint density at radius 1 is 1.44 bits per heavy atom. The molecule has 1 aromatic heterocycles. The second-order valence-corrected chi connectivity index (χ2v) is 4.55. The van der Waals surface area contributed by atoms with Crippen LogP contribution >= 0.6 is 0 Å². The van der Waals surface area contributed by atoms with Crippen LogP contribution in [-0.2, 0) is 11.3 Å². The van der Waals surface area contributed by atoms with Crippen LogP contribution in [0.5, 0.6) is 0 Å². The topological polar surface area (TPSA) is 73.3 Å². The molecule has 0 spiro atoms. The Hall–Kier alpha value is -1.59. The molecule has 2 aromatic rings. The summed E-state index contributed by atoms with van der Waals surface area (Å²) in [6, 6.07) is 5.57. The van der Waals surface area contributed by atoms with Gasteiger partial charge in [-0.3, -0.25) is 0 Å². The summed E-state index contributed by atoms with van der Waals surface area (Å²) in [6.07, 6.45) is -0.569. The van der Waals surface area contributed by atoms with Gasteiger partial charge in [0.2, 0.25) is 0 Å². The highest BCUT2D eigenvalue weighted by Crippen LogP contribution is 2.23. The molecule has 18 heavy (non-hydrogen) atoms. The number of aromatic nitrogens is 2. The Bertz CT molecular complexity index is 548. The maximum Gasteiger partial charge on any atom is 0.138 e. The molecule has 3 N–H and O–H groups in total. The number of rotatable bonds is 4. The van der Waals surface area contributed by atoms with Crippen LogP contribution < -0.4 is 5.73 Å². The average molecular weight is 249 g/mol. The van der Waals surface area contributed by atoms with Crippen LogP contribution in [0.25, 0.3) is 11.0 Å². The Labute approximate surface area is 106 Å². The lowest BCUT2D eigenvalue weighted by atomic mass is 10.2. The molecule has 0 saturated carbocycles. The van der Waals surface area contributed by atoms with E-state index in [4.69, 9.17) is 10.5 Å². The summed E-state index contributed by atoms with van der Waals surface area (Å²) in [5.41, 5.74) is 8.18. The highest BCUT2D eigenvalue weighted by Gasteiger charge is 2.16. The molecule has 0 bridgehead atoms. The van der Waals surface area contributed by atoms with Crippen molar-refractivity contribution in [3.05, 3.63) is 24.0 Å². The normalized spacial score (nSPS) is 14.9. The first kappa shape index (κ1) is 12.9. The van der Waals surface area contributed by atoms with Crippen LogP contribution in [-0.4, -0.2) is 27.9 Å². The fraction of sp³-hybridized carbons (Fsp3) is 0.462. The zero-order valence-electron chi connectivity index (χ0n) is 10.9. The number of methoxy groups -OCH3 is 1. The molecule has 0 fully saturated rings. The third-order valence-electron chi connectivity index (χ3n) is 3.02. The van der Waals surface area contributed by atoms with E-state index in [0.29, 0.717) is 18.1 Å². The van der Waals surface area contributed by atoms with Crippen molar-refractivity contribution in [1.82, 2.24) is 9.55 Å². The molecule has 5 heteroatoms. The fourth-order valence-electron chi connectivity index (χ4n) is 2.01. The Morgan fingerprint density at radius 3 is 2.78 bits per heavy atom. The highest BCUT2D eigenvalue weighted by molar-refractivity contribution is 5.79. The van der Waals surface area contributed by atoms with Crippen molar-refractivity contribution >= 4 is 16.7 Å². The van der Waals surface area contributed by atoms with Gasteiger partial charge in [-0.15, -0.1) is 0 Å². The molecular weight excluding hydrogens is 230 g/mol. The minimum absolute atomic E-state index is 0.0532. The molecule has 2 atom stereocenters. The van der Waals surface area contributed by atoms with E-state index in [1.807, 2.05) is 29.7 Å². The van der Waals surface area contributed by atoms with Crippen molar-refractivity contribution in [3.8, 4) is 0 Å². The largest absolute Gasteiger partial charge is 0.399 e. The summed E-state index contributed by atoms with van der Waals surface area (Å²) in [6.45, 7) is 4.34. The zero-order valence-corrected chi connectivity index (χ0v) is 10.9. The summed E-state index contributed by atoms with van der Waals surface area (Å²) in [7, 11) is 1.67. The summed E-state index contributed by atoms with van der Waals surface area (Å²) < 4.78 is 7.26. The van der Waals surface area contributed by atoms with E-state index in [2.05, 4.69) is 4.98 Å². The highest BCUT2D eigenvalue weighted by atomic mass is 16.5. The predicted octanol–water partition coefficient (Wildman–Crippen LogP) is 1.71. The summed E-state index contributed by atoms with van der Waals surface area (Å²) in [5.74, 6) is 0.638. The van der Waals surface area contributed by atoms with Crippen LogP contribution in [0.3, 0.4) is 0 Å². The van der Waals surface area contributed by atoms with Crippen molar-refractivity contribution < 1.29 is 9.84 Å². The van der Waals surface area contributed by atoms with E-state index in [9.17, 15) is 5.11 Å². The van der Waals surface area contributed by atoms with Crippen molar-refractivity contribution in [2.45, 2.75) is 32.6 Å². The van der Waals surface area contributed by atoms with E-state index in [1.165, 1.54) is 0 Å². The van der Waals surface area contributed by atoms with Gasteiger partial charge in [-0.05, 0) is 32.0 Å². The Balaban J connectivity index is 2.55. The molecule has 0 aliphatic carbocycles. The van der Waals surface area contributed by atoms with Crippen LogP contribution in [0.15, 0.2) is 18.2 Å². The Kier molecular flexibility index (Phi) is 3.54. The van der Waals surface area contributed by atoms with Gasteiger partial charge in [0.25, 0.3) is 0 Å². The number of anilines is 1. The first-order chi connectivity index (χ1) is 8.52. The van der Waals surface area contributed by atoms with Gasteiger partial charge in [0.15, 0.2) is 0 Å². The monoisotopic (exact) mass is 249 g/mol. The number of benzene rings is 1. The smallest absolute Gasteiger partial charge is 0.138 e. The number of ether oxygens (including phenoxy) is 1. The molecule has 0 aliphatic heterocycles. The van der Waals surface area contributed by atoms with Crippen LogP contribution in [0, 0.1) is 0 Å². The van der Waals surface area contributed by atoms with E-state index < -0.39 is 6.10 Å². The van der Waals surface area contributed by atoms with Gasteiger partial charge in [0.05, 0.1) is 23.7 Å². The zero-order chi connectivity index (χ0) is 13.3. The standard InChI is InChI=1S/C13H19N3O2/c1-8(18-3)7-16-12-5-4-10(14)6-11(12)15-13(16)9(2)17/h4-6,8-9,17H,7,14H2,1-3H3. The molecule has 98 valence electrons. The maximum absolute atomic E-state index is 9.81. The van der Waals surface area contributed by atoms with Gasteiger partial charge in [-0.1, -0.05) is 0 Å². The summed E-state index contributed by atoms with van der Waals surface area (Å²) >= 11 is 0. The lowest BCUT2D eigenvalue weighted by Crippen LogP contribution is -2.17. The first-order valence-electron chi connectivity index (χ1n) is 5.99. The van der Waals surface area contributed by atoms with Gasteiger partial charge in [0, 0.05) is 12.8 Å². The van der Waals surface area contributed by atoms with E-state index in [-0.39, 0.29) is 6.10 Å². The van der Waals surface area contributed by atoms with Crippen molar-refractivity contribution in [3.63, 3.8) is 0 Å². The third kappa shape index (κ3) is 2.32. The Morgan fingerprint density at radius 2 is 2.17 bits per heavy atom. The molecule has 1 heterocycles. The minimum atomic E-state index is -0.623. The van der Waals surface area contributed by atoms with Crippen LogP contribution in [0.4, 0.5) is 5.69 Å². The second-order valence-electron chi connectivity index (χ2n) is 4.55. The number of hydrogen-bond acceptors (Lipinski definition) is 4. The summed E-state index contributed by atoms with van der Waals surface area (Å²) in [4.78, 5) is 4.44. The number of nitrogen functional groups attached to an aromatic ring is 1. The molecule has 0 amide bonds. The minimum Gasteiger partial charge on any atom is -0.399 e. The number of aliphatic hydroxyl groups is 1. The molecule has 0 radical (unpaired) electrons. The van der Waals surface area contributed by atoms with Crippen molar-refractivity contribution in [2.24, 2.45) is 0 Å². The van der Waals surface area contributed by atoms with Crippen molar-refractivity contribution in [2.75, 3.05) is 12.8 Å². The van der Waals surface area contributed by atoms with Crippen LogP contribution in [0.2, 0.25) is 0 Å². The number of hydrogen-bond donors (Lipinski definition) is 2. The average Bonchev–Trinajstić information content (AvgIpc) is 2.67. The summed E-state index contributed by atoms with van der Waals surface area (Å²) in [5, 5.41) is 9.81. The number of nitrogens with zero attached hydrogens (tertiary/aromatic N) is 2. The number of aliphatic hydroxyl groups excluding tert-OH is 1. The molecule has 5 nitrogen and oxygen atoms in total. The van der Waals surface area contributed by atoms with E-state index >= 15 is 0 Å². The van der Waals surface area contributed by atoms with E-state index in [0.717, 1.165) is 11.0 Å². The molecular formula is C13H19N3O2. The van der Waals surface area contributed by atoms with E-state index in [1.54, 1.807) is 14.0 Å². The van der Waals surface area contributed by atoms with Gasteiger partial charge in [-0.25, -0.2) is 4.98 Å². The number of imidazole rings is 1. The molecule has 1 aromatic carbocycles. The molecule has 2 rings (SSSR count). The third-order valence-corrected chi connectivity index (χ3v) is 3.02.